The standard InChI is InChI=1S/C56H92N2/c1-3-19-43(20-4-1)57(55-45-23-11-7-15-39(45)35-40-16-8-12-24-46(40)55)51-33-29-37-27-28-38-30-34-52(50-32-31-49(51)53(37)54(38)50)58(44-21-5-2-6-22-44)56-47-25-13-9-17-41(47)36-42-18-10-14-26-48(42)56/h37-56H,1-36H2. The van der Waals surface area contributed by atoms with Crippen molar-refractivity contribution >= 4 is 0 Å². The Kier molecular flexibility index (Phi) is 11.7. The predicted molar refractivity (Wildman–Crippen MR) is 241 cm³/mol. The van der Waals surface area contributed by atoms with Crippen molar-refractivity contribution in [2.75, 3.05) is 0 Å². The van der Waals surface area contributed by atoms with Gasteiger partial charge in [-0.1, -0.05) is 116 Å². The zero-order chi connectivity index (χ0) is 38.2. The molecule has 12 aliphatic carbocycles. The lowest BCUT2D eigenvalue weighted by Crippen LogP contribution is -2.68. The van der Waals surface area contributed by atoms with E-state index in [4.69, 9.17) is 0 Å². The molecule has 0 bridgehead atoms. The molecule has 2 nitrogen and oxygen atoms in total. The molecule has 12 saturated carbocycles. The molecule has 0 N–H and O–H groups in total. The largest absolute Gasteiger partial charge is 0.294 e. The number of rotatable bonds is 6. The Labute approximate surface area is 358 Å². The minimum Gasteiger partial charge on any atom is -0.294 e. The second-order valence-corrected chi connectivity index (χ2v) is 25.2. The highest BCUT2D eigenvalue weighted by molar-refractivity contribution is 5.13. The van der Waals surface area contributed by atoms with E-state index in [1.807, 2.05) is 0 Å². The van der Waals surface area contributed by atoms with Crippen molar-refractivity contribution in [3.8, 4) is 0 Å². The van der Waals surface area contributed by atoms with Gasteiger partial charge in [-0.2, -0.15) is 0 Å². The number of hydrogen-bond donors (Lipinski definition) is 0. The Bertz CT molecular complexity index is 1220. The van der Waals surface area contributed by atoms with Gasteiger partial charge in [-0.05, 0) is 198 Å². The molecule has 12 fully saturated rings. The monoisotopic (exact) mass is 793 g/mol. The fourth-order valence-corrected chi connectivity index (χ4v) is 21.4. The van der Waals surface area contributed by atoms with Crippen LogP contribution in [0.2, 0.25) is 0 Å². The smallest absolute Gasteiger partial charge is 0.0163 e. The van der Waals surface area contributed by atoms with Crippen molar-refractivity contribution in [1.29, 1.82) is 0 Å². The van der Waals surface area contributed by atoms with Crippen LogP contribution in [0.3, 0.4) is 0 Å². The topological polar surface area (TPSA) is 6.48 Å². The van der Waals surface area contributed by atoms with Gasteiger partial charge in [-0.3, -0.25) is 9.80 Å². The second kappa shape index (κ2) is 17.1. The molecule has 2 heteroatoms. The summed E-state index contributed by atoms with van der Waals surface area (Å²) >= 11 is 0. The maximum Gasteiger partial charge on any atom is 0.0163 e. The van der Waals surface area contributed by atoms with Crippen LogP contribution in [0.1, 0.15) is 231 Å². The van der Waals surface area contributed by atoms with Gasteiger partial charge in [0.25, 0.3) is 0 Å². The van der Waals surface area contributed by atoms with E-state index in [-0.39, 0.29) is 0 Å². The summed E-state index contributed by atoms with van der Waals surface area (Å²) < 4.78 is 0. The quantitative estimate of drug-likeness (QED) is 0.264. The Balaban J connectivity index is 0.895. The van der Waals surface area contributed by atoms with Crippen molar-refractivity contribution < 1.29 is 0 Å². The molecule has 16 atom stereocenters. The normalized spacial score (nSPS) is 51.2. The van der Waals surface area contributed by atoms with E-state index >= 15 is 0 Å². The summed E-state index contributed by atoms with van der Waals surface area (Å²) in [5.41, 5.74) is 0. The van der Waals surface area contributed by atoms with E-state index in [2.05, 4.69) is 9.80 Å². The van der Waals surface area contributed by atoms with Gasteiger partial charge in [0, 0.05) is 36.3 Å². The van der Waals surface area contributed by atoms with Crippen LogP contribution < -0.4 is 0 Å². The number of nitrogens with zero attached hydrogens (tertiary/aromatic N) is 2. The van der Waals surface area contributed by atoms with Crippen LogP contribution in [0, 0.1) is 82.9 Å². The van der Waals surface area contributed by atoms with Gasteiger partial charge in [-0.25, -0.2) is 0 Å². The van der Waals surface area contributed by atoms with E-state index in [1.165, 1.54) is 38.5 Å². The lowest BCUT2D eigenvalue weighted by molar-refractivity contribution is -0.173. The van der Waals surface area contributed by atoms with E-state index in [0.717, 1.165) is 119 Å². The number of fused-ring (bicyclic) bond motifs is 4. The lowest BCUT2D eigenvalue weighted by Gasteiger charge is -2.66. The molecule has 326 valence electrons. The average Bonchev–Trinajstić information content (AvgIpc) is 3.29. The van der Waals surface area contributed by atoms with Crippen molar-refractivity contribution in [3.63, 3.8) is 0 Å². The summed E-state index contributed by atoms with van der Waals surface area (Å²) in [7, 11) is 0. The molecule has 0 aromatic heterocycles. The third-order valence-corrected chi connectivity index (χ3v) is 23.2. The summed E-state index contributed by atoms with van der Waals surface area (Å²) in [5.74, 6) is 14.9. The van der Waals surface area contributed by atoms with Crippen molar-refractivity contribution in [3.05, 3.63) is 0 Å². The third kappa shape index (κ3) is 6.94. The SMILES string of the molecule is C1CCC(N(C2CCC3CCC4CCC(N(C5CCCCC5)C5C6CCCCC6CC6CCCCC65)C5CCC2C3C45)C2C3CCCCC3CC3CCCCC32)CC1. The van der Waals surface area contributed by atoms with Crippen molar-refractivity contribution in [2.45, 2.75) is 267 Å². The molecule has 0 aromatic rings. The third-order valence-electron chi connectivity index (χ3n) is 23.2. The Hall–Kier alpha value is -0.0800. The highest BCUT2D eigenvalue weighted by atomic mass is 15.3. The molecule has 58 heavy (non-hydrogen) atoms. The molecule has 0 aromatic carbocycles. The summed E-state index contributed by atoms with van der Waals surface area (Å²) in [6.07, 6.45) is 56.9. The summed E-state index contributed by atoms with van der Waals surface area (Å²) in [5, 5.41) is 0. The molecule has 16 unspecified atom stereocenters. The summed E-state index contributed by atoms with van der Waals surface area (Å²) in [6.45, 7) is 0. The minimum absolute atomic E-state index is 0.930. The zero-order valence-electron chi connectivity index (χ0n) is 37.9. The molecule has 0 aliphatic heterocycles. The Morgan fingerprint density at radius 1 is 0.224 bits per heavy atom. The highest BCUT2D eigenvalue weighted by Gasteiger charge is 2.61. The molecular weight excluding hydrogens is 701 g/mol. The summed E-state index contributed by atoms with van der Waals surface area (Å²) in [6, 6.07) is 5.67. The van der Waals surface area contributed by atoms with Crippen molar-refractivity contribution in [2.24, 2.45) is 82.9 Å². The first kappa shape index (κ1) is 39.5. The van der Waals surface area contributed by atoms with Crippen LogP contribution in [-0.4, -0.2) is 46.1 Å². The lowest BCUT2D eigenvalue weighted by atomic mass is 9.46. The van der Waals surface area contributed by atoms with Gasteiger partial charge < -0.3 is 0 Å². The van der Waals surface area contributed by atoms with Crippen LogP contribution in [0.5, 0.6) is 0 Å². The van der Waals surface area contributed by atoms with Crippen LogP contribution in [0.15, 0.2) is 0 Å². The molecule has 0 saturated heterocycles. The molecule has 12 aliphatic rings. The van der Waals surface area contributed by atoms with Gasteiger partial charge >= 0.3 is 0 Å². The molecule has 0 heterocycles. The average molecular weight is 793 g/mol. The Morgan fingerprint density at radius 3 is 0.897 bits per heavy atom. The van der Waals surface area contributed by atoms with Crippen LogP contribution in [0.4, 0.5) is 0 Å². The summed E-state index contributed by atoms with van der Waals surface area (Å²) in [4.78, 5) is 7.22. The minimum atomic E-state index is 0.930. The van der Waals surface area contributed by atoms with Gasteiger partial charge in [0.15, 0.2) is 0 Å². The van der Waals surface area contributed by atoms with E-state index < -0.39 is 0 Å². The first-order valence-corrected chi connectivity index (χ1v) is 28.3. The second-order valence-electron chi connectivity index (χ2n) is 25.2. The first-order chi connectivity index (χ1) is 28.8. The van der Waals surface area contributed by atoms with Crippen LogP contribution in [-0.2, 0) is 0 Å². The predicted octanol–water partition coefficient (Wildman–Crippen LogP) is 14.6. The van der Waals surface area contributed by atoms with Crippen LogP contribution >= 0.6 is 0 Å². The van der Waals surface area contributed by atoms with Gasteiger partial charge in [0.2, 0.25) is 0 Å². The van der Waals surface area contributed by atoms with Gasteiger partial charge in [-0.15, -0.1) is 0 Å². The maximum absolute atomic E-state index is 3.61. The first-order valence-electron chi connectivity index (χ1n) is 28.3. The molecule has 12 rings (SSSR count). The van der Waals surface area contributed by atoms with Crippen molar-refractivity contribution in [1.82, 2.24) is 9.80 Å². The van der Waals surface area contributed by atoms with E-state index in [1.54, 1.807) is 193 Å². The molecule has 0 amide bonds. The van der Waals surface area contributed by atoms with Crippen LogP contribution in [0.25, 0.3) is 0 Å². The van der Waals surface area contributed by atoms with Gasteiger partial charge in [0.1, 0.15) is 0 Å². The fourth-order valence-electron chi connectivity index (χ4n) is 21.4. The Morgan fingerprint density at radius 2 is 0.534 bits per heavy atom. The molecular formula is C56H92N2. The zero-order valence-corrected chi connectivity index (χ0v) is 37.9. The molecule has 0 spiro atoms. The maximum atomic E-state index is 3.61. The fraction of sp³-hybridized carbons (Fsp3) is 1.00. The highest BCUT2D eigenvalue weighted by Crippen LogP contribution is 2.64. The molecule has 0 radical (unpaired) electrons. The van der Waals surface area contributed by atoms with E-state index in [0.29, 0.717) is 0 Å². The van der Waals surface area contributed by atoms with Gasteiger partial charge in [0.05, 0.1) is 0 Å². The van der Waals surface area contributed by atoms with E-state index in [9.17, 15) is 0 Å². The number of hydrogen-bond acceptors (Lipinski definition) is 2.